The van der Waals surface area contributed by atoms with Crippen molar-refractivity contribution in [1.82, 2.24) is 5.32 Å². The van der Waals surface area contributed by atoms with Crippen LogP contribution in [0.5, 0.6) is 5.75 Å². The molecule has 0 saturated carbocycles. The summed E-state index contributed by atoms with van der Waals surface area (Å²) in [6.45, 7) is 5.93. The Morgan fingerprint density at radius 2 is 1.48 bits per heavy atom. The van der Waals surface area contributed by atoms with Crippen molar-refractivity contribution in [2.75, 3.05) is 13.2 Å². The minimum Gasteiger partial charge on any atom is -0.494 e. The molecule has 0 atom stereocenters. The van der Waals surface area contributed by atoms with Gasteiger partial charge in [-0.15, -0.1) is 0 Å². The van der Waals surface area contributed by atoms with E-state index in [0.29, 0.717) is 5.56 Å². The number of nitrogens with one attached hydrogen (secondary N) is 1. The molecule has 0 aliphatic rings. The summed E-state index contributed by atoms with van der Waals surface area (Å²) >= 11 is 0. The van der Waals surface area contributed by atoms with Gasteiger partial charge in [0.25, 0.3) is 5.91 Å². The summed E-state index contributed by atoms with van der Waals surface area (Å²) in [6, 6.07) is 7.45. The van der Waals surface area contributed by atoms with Crippen molar-refractivity contribution in [3.05, 3.63) is 29.8 Å². The van der Waals surface area contributed by atoms with E-state index in [9.17, 15) is 4.79 Å². The summed E-state index contributed by atoms with van der Waals surface area (Å²) in [6.07, 6.45) is 10.9. The predicted octanol–water partition coefficient (Wildman–Crippen LogP) is 5.35. The Labute approximate surface area is 141 Å². The highest BCUT2D eigenvalue weighted by molar-refractivity contribution is 5.94. The van der Waals surface area contributed by atoms with Crippen LogP contribution in [0.1, 0.15) is 82.0 Å². The zero-order valence-corrected chi connectivity index (χ0v) is 14.9. The van der Waals surface area contributed by atoms with Crippen LogP contribution in [0.25, 0.3) is 0 Å². The highest BCUT2D eigenvalue weighted by Gasteiger charge is 2.04. The standard InChI is InChI=1S/C20H33NO2/c1-3-5-7-9-10-16-21-20(22)18-12-14-19(15-13-18)23-17-11-8-6-4-2/h12-15H,3-11,16-17H2,1-2H3,(H,21,22). The topological polar surface area (TPSA) is 38.3 Å². The number of benzene rings is 1. The number of hydrogen-bond acceptors (Lipinski definition) is 2. The molecule has 0 fully saturated rings. The SMILES string of the molecule is CCCCCCCNC(=O)c1ccc(OCCCCCC)cc1. The molecule has 1 rings (SSSR count). The summed E-state index contributed by atoms with van der Waals surface area (Å²) < 4.78 is 5.69. The van der Waals surface area contributed by atoms with Gasteiger partial charge in [0.05, 0.1) is 6.61 Å². The normalized spacial score (nSPS) is 10.5. The van der Waals surface area contributed by atoms with Crippen LogP contribution in [0.3, 0.4) is 0 Å². The van der Waals surface area contributed by atoms with E-state index in [1.165, 1.54) is 44.9 Å². The van der Waals surface area contributed by atoms with Crippen molar-refractivity contribution < 1.29 is 9.53 Å². The van der Waals surface area contributed by atoms with Gasteiger partial charge in [0.15, 0.2) is 0 Å². The van der Waals surface area contributed by atoms with Gasteiger partial charge in [0.1, 0.15) is 5.75 Å². The van der Waals surface area contributed by atoms with Gasteiger partial charge in [-0.3, -0.25) is 4.79 Å². The molecule has 0 aromatic heterocycles. The maximum atomic E-state index is 12.0. The van der Waals surface area contributed by atoms with Gasteiger partial charge in [0.2, 0.25) is 0 Å². The Morgan fingerprint density at radius 3 is 2.13 bits per heavy atom. The highest BCUT2D eigenvalue weighted by atomic mass is 16.5. The number of rotatable bonds is 13. The van der Waals surface area contributed by atoms with Crippen molar-refractivity contribution in [3.8, 4) is 5.75 Å². The maximum Gasteiger partial charge on any atom is 0.251 e. The third-order valence-corrected chi connectivity index (χ3v) is 3.95. The van der Waals surface area contributed by atoms with Crippen LogP contribution >= 0.6 is 0 Å². The molecule has 0 unspecified atom stereocenters. The minimum atomic E-state index is 0.00925. The van der Waals surface area contributed by atoms with E-state index < -0.39 is 0 Å². The fourth-order valence-corrected chi connectivity index (χ4v) is 2.45. The first-order valence-electron chi connectivity index (χ1n) is 9.29. The fraction of sp³-hybridized carbons (Fsp3) is 0.650. The first-order chi connectivity index (χ1) is 11.3. The van der Waals surface area contributed by atoms with Crippen LogP contribution in [0.2, 0.25) is 0 Å². The molecule has 3 heteroatoms. The summed E-state index contributed by atoms with van der Waals surface area (Å²) in [7, 11) is 0. The lowest BCUT2D eigenvalue weighted by molar-refractivity contribution is 0.0953. The average Bonchev–Trinajstić information content (AvgIpc) is 2.58. The van der Waals surface area contributed by atoms with E-state index in [1.807, 2.05) is 24.3 Å². The lowest BCUT2D eigenvalue weighted by atomic mass is 10.1. The first kappa shape index (κ1) is 19.5. The monoisotopic (exact) mass is 319 g/mol. The van der Waals surface area contributed by atoms with E-state index in [0.717, 1.165) is 31.7 Å². The molecule has 130 valence electrons. The zero-order chi connectivity index (χ0) is 16.8. The van der Waals surface area contributed by atoms with Crippen molar-refractivity contribution in [2.24, 2.45) is 0 Å². The number of ether oxygens (including phenoxy) is 1. The maximum absolute atomic E-state index is 12.0. The zero-order valence-electron chi connectivity index (χ0n) is 14.9. The molecule has 1 N–H and O–H groups in total. The number of carbonyl (C=O) groups excluding carboxylic acids is 1. The molecule has 1 aromatic carbocycles. The van der Waals surface area contributed by atoms with Crippen molar-refractivity contribution in [2.45, 2.75) is 71.6 Å². The minimum absolute atomic E-state index is 0.00925. The molecule has 0 heterocycles. The highest BCUT2D eigenvalue weighted by Crippen LogP contribution is 2.13. The quantitative estimate of drug-likeness (QED) is 0.498. The second-order valence-electron chi connectivity index (χ2n) is 6.10. The van der Waals surface area contributed by atoms with Crippen LogP contribution in [0, 0.1) is 0 Å². The van der Waals surface area contributed by atoms with E-state index in [2.05, 4.69) is 19.2 Å². The second-order valence-corrected chi connectivity index (χ2v) is 6.10. The first-order valence-corrected chi connectivity index (χ1v) is 9.29. The summed E-state index contributed by atoms with van der Waals surface area (Å²) in [5.74, 6) is 0.854. The van der Waals surface area contributed by atoms with Crippen LogP contribution in [0.4, 0.5) is 0 Å². The van der Waals surface area contributed by atoms with Gasteiger partial charge in [-0.1, -0.05) is 58.8 Å². The Bertz CT molecular complexity index is 414. The van der Waals surface area contributed by atoms with E-state index in [1.54, 1.807) is 0 Å². The number of carbonyl (C=O) groups is 1. The average molecular weight is 319 g/mol. The third kappa shape index (κ3) is 9.27. The molecule has 0 aliphatic carbocycles. The summed E-state index contributed by atoms with van der Waals surface area (Å²) in [5.41, 5.74) is 0.705. The summed E-state index contributed by atoms with van der Waals surface area (Å²) in [5, 5.41) is 2.98. The molecule has 1 amide bonds. The third-order valence-electron chi connectivity index (χ3n) is 3.95. The van der Waals surface area contributed by atoms with Crippen LogP contribution in [0.15, 0.2) is 24.3 Å². The molecule has 0 radical (unpaired) electrons. The summed E-state index contributed by atoms with van der Waals surface area (Å²) in [4.78, 5) is 12.0. The predicted molar refractivity (Wildman–Crippen MR) is 97.2 cm³/mol. The molecular weight excluding hydrogens is 286 g/mol. The number of unbranched alkanes of at least 4 members (excludes halogenated alkanes) is 7. The van der Waals surface area contributed by atoms with Crippen LogP contribution in [-0.2, 0) is 0 Å². The van der Waals surface area contributed by atoms with Crippen LogP contribution < -0.4 is 10.1 Å². The molecule has 0 spiro atoms. The molecule has 3 nitrogen and oxygen atoms in total. The van der Waals surface area contributed by atoms with E-state index in [-0.39, 0.29) is 5.91 Å². The van der Waals surface area contributed by atoms with Crippen molar-refractivity contribution >= 4 is 5.91 Å². The lowest BCUT2D eigenvalue weighted by Gasteiger charge is -2.08. The Morgan fingerprint density at radius 1 is 0.870 bits per heavy atom. The second kappa shape index (κ2) is 13.0. The number of amides is 1. The smallest absolute Gasteiger partial charge is 0.251 e. The molecule has 0 bridgehead atoms. The Kier molecular flexibility index (Phi) is 11.0. The number of hydrogen-bond donors (Lipinski definition) is 1. The van der Waals surface area contributed by atoms with Gasteiger partial charge in [0, 0.05) is 12.1 Å². The largest absolute Gasteiger partial charge is 0.494 e. The molecular formula is C20H33NO2. The molecule has 0 aliphatic heterocycles. The van der Waals surface area contributed by atoms with Gasteiger partial charge in [-0.05, 0) is 37.1 Å². The molecule has 1 aromatic rings. The fourth-order valence-electron chi connectivity index (χ4n) is 2.45. The lowest BCUT2D eigenvalue weighted by Crippen LogP contribution is -2.24. The Balaban J connectivity index is 2.20. The van der Waals surface area contributed by atoms with Gasteiger partial charge in [-0.25, -0.2) is 0 Å². The van der Waals surface area contributed by atoms with E-state index >= 15 is 0 Å². The Hall–Kier alpha value is -1.51. The van der Waals surface area contributed by atoms with Crippen molar-refractivity contribution in [3.63, 3.8) is 0 Å². The van der Waals surface area contributed by atoms with Gasteiger partial charge >= 0.3 is 0 Å². The van der Waals surface area contributed by atoms with E-state index in [4.69, 9.17) is 4.74 Å². The van der Waals surface area contributed by atoms with Gasteiger partial charge in [-0.2, -0.15) is 0 Å². The van der Waals surface area contributed by atoms with Crippen LogP contribution in [-0.4, -0.2) is 19.1 Å². The van der Waals surface area contributed by atoms with Crippen molar-refractivity contribution in [1.29, 1.82) is 0 Å². The van der Waals surface area contributed by atoms with Gasteiger partial charge < -0.3 is 10.1 Å². The molecule has 0 saturated heterocycles. The molecule has 23 heavy (non-hydrogen) atoms.